The number of carbonyl (C=O) groups is 1. The molecule has 0 aliphatic rings. The van der Waals surface area contributed by atoms with Crippen LogP contribution >= 0.6 is 11.3 Å². The molecular formula is C12H12N6O2S. The van der Waals surface area contributed by atoms with E-state index in [1.807, 2.05) is 13.8 Å². The summed E-state index contributed by atoms with van der Waals surface area (Å²) in [6, 6.07) is 1.63. The Labute approximate surface area is 123 Å². The highest BCUT2D eigenvalue weighted by Crippen LogP contribution is 2.29. The van der Waals surface area contributed by atoms with Gasteiger partial charge in [-0.1, -0.05) is 5.10 Å². The molecule has 9 heteroatoms. The van der Waals surface area contributed by atoms with Gasteiger partial charge in [0.15, 0.2) is 5.69 Å². The van der Waals surface area contributed by atoms with E-state index in [9.17, 15) is 4.79 Å². The zero-order chi connectivity index (χ0) is 15.0. The van der Waals surface area contributed by atoms with Gasteiger partial charge in [0.05, 0.1) is 10.7 Å². The van der Waals surface area contributed by atoms with E-state index in [1.165, 1.54) is 16.0 Å². The van der Waals surface area contributed by atoms with Crippen LogP contribution in [0.4, 0.5) is 6.01 Å². The molecule has 0 saturated carbocycles. The molecule has 21 heavy (non-hydrogen) atoms. The average molecular weight is 304 g/mol. The lowest BCUT2D eigenvalue weighted by Gasteiger charge is -1.95. The minimum absolute atomic E-state index is 0.0334. The van der Waals surface area contributed by atoms with E-state index in [-0.39, 0.29) is 11.7 Å². The quantitative estimate of drug-likeness (QED) is 0.792. The van der Waals surface area contributed by atoms with Crippen LogP contribution in [-0.2, 0) is 7.05 Å². The lowest BCUT2D eigenvalue weighted by Crippen LogP contribution is -2.13. The Morgan fingerprint density at radius 2 is 2.19 bits per heavy atom. The Morgan fingerprint density at radius 3 is 2.81 bits per heavy atom. The van der Waals surface area contributed by atoms with Gasteiger partial charge in [-0.3, -0.25) is 14.8 Å². The maximum absolute atomic E-state index is 11.9. The fourth-order valence-electron chi connectivity index (χ4n) is 1.79. The summed E-state index contributed by atoms with van der Waals surface area (Å²) in [5, 5.41) is 15.2. The van der Waals surface area contributed by atoms with Crippen molar-refractivity contribution in [3.63, 3.8) is 0 Å². The molecule has 0 bridgehead atoms. The number of thiazole rings is 1. The number of anilines is 1. The number of hydrogen-bond acceptors (Lipinski definition) is 7. The molecule has 0 aliphatic heterocycles. The number of nitrogens with zero attached hydrogens (tertiary/aromatic N) is 5. The highest BCUT2D eigenvalue weighted by atomic mass is 32.1. The normalized spacial score (nSPS) is 10.8. The Bertz CT molecular complexity index is 802. The van der Waals surface area contributed by atoms with Crippen molar-refractivity contribution in [3.8, 4) is 10.8 Å². The van der Waals surface area contributed by atoms with Gasteiger partial charge in [-0.2, -0.15) is 5.10 Å². The molecule has 1 amide bonds. The van der Waals surface area contributed by atoms with Crippen LogP contribution in [0.1, 0.15) is 21.2 Å². The Hall–Kier alpha value is -2.55. The Morgan fingerprint density at radius 1 is 1.38 bits per heavy atom. The number of nitrogens with one attached hydrogen (secondary N) is 1. The number of aryl methyl sites for hydroxylation is 3. The maximum atomic E-state index is 11.9. The SMILES string of the molecule is Cc1nc(C)c(-c2nnc(NC(=O)c3ccn(C)n3)o2)s1. The number of rotatable bonds is 3. The second kappa shape index (κ2) is 5.09. The van der Waals surface area contributed by atoms with Gasteiger partial charge in [-0.25, -0.2) is 4.98 Å². The summed E-state index contributed by atoms with van der Waals surface area (Å²) in [6.45, 7) is 3.77. The van der Waals surface area contributed by atoms with Crippen molar-refractivity contribution in [3.05, 3.63) is 28.7 Å². The molecule has 0 spiro atoms. The van der Waals surface area contributed by atoms with Gasteiger partial charge in [-0.05, 0) is 19.9 Å². The first kappa shape index (κ1) is 13.4. The highest BCUT2D eigenvalue weighted by Gasteiger charge is 2.17. The van der Waals surface area contributed by atoms with Crippen molar-refractivity contribution in [1.82, 2.24) is 25.0 Å². The molecule has 0 aliphatic carbocycles. The molecule has 3 heterocycles. The predicted octanol–water partition coefficient (Wildman–Crippen LogP) is 1.80. The third-order valence-corrected chi connectivity index (χ3v) is 3.75. The van der Waals surface area contributed by atoms with Gasteiger partial charge in [0.1, 0.15) is 4.88 Å². The van der Waals surface area contributed by atoms with Gasteiger partial charge in [-0.15, -0.1) is 16.4 Å². The summed E-state index contributed by atoms with van der Waals surface area (Å²) < 4.78 is 6.98. The van der Waals surface area contributed by atoms with Crippen LogP contribution in [0.5, 0.6) is 0 Å². The standard InChI is InChI=1S/C12H12N6O2S/c1-6-9(21-7(2)13-6)11-15-16-12(20-11)14-10(19)8-4-5-18(3)17-8/h4-5H,1-3H3,(H,14,16,19). The van der Waals surface area contributed by atoms with E-state index < -0.39 is 5.91 Å². The molecule has 0 atom stereocenters. The van der Waals surface area contributed by atoms with Crippen molar-refractivity contribution in [2.24, 2.45) is 7.05 Å². The second-order valence-electron chi connectivity index (χ2n) is 4.39. The van der Waals surface area contributed by atoms with Crippen LogP contribution in [0.15, 0.2) is 16.7 Å². The molecule has 1 N–H and O–H groups in total. The fourth-order valence-corrected chi connectivity index (χ4v) is 2.63. The topological polar surface area (TPSA) is 98.7 Å². The number of carbonyl (C=O) groups excluding carboxylic acids is 1. The number of aromatic nitrogens is 5. The molecule has 3 aromatic rings. The van der Waals surface area contributed by atoms with Crippen LogP contribution in [0.3, 0.4) is 0 Å². The molecule has 0 radical (unpaired) electrons. The van der Waals surface area contributed by atoms with E-state index in [4.69, 9.17) is 4.42 Å². The summed E-state index contributed by atoms with van der Waals surface area (Å²) in [6.07, 6.45) is 1.68. The Balaban J connectivity index is 1.79. The lowest BCUT2D eigenvalue weighted by molar-refractivity contribution is 0.101. The van der Waals surface area contributed by atoms with Gasteiger partial charge >= 0.3 is 6.01 Å². The van der Waals surface area contributed by atoms with E-state index in [2.05, 4.69) is 25.6 Å². The van der Waals surface area contributed by atoms with Crippen molar-refractivity contribution in [1.29, 1.82) is 0 Å². The summed E-state index contributed by atoms with van der Waals surface area (Å²) in [4.78, 5) is 17.0. The molecular weight excluding hydrogens is 292 g/mol. The summed E-state index contributed by atoms with van der Waals surface area (Å²) in [7, 11) is 1.73. The van der Waals surface area contributed by atoms with Crippen LogP contribution in [0.25, 0.3) is 10.8 Å². The first-order valence-electron chi connectivity index (χ1n) is 6.12. The third-order valence-electron chi connectivity index (χ3n) is 2.69. The van der Waals surface area contributed by atoms with Crippen LogP contribution in [0.2, 0.25) is 0 Å². The predicted molar refractivity (Wildman–Crippen MR) is 76.0 cm³/mol. The van der Waals surface area contributed by atoms with Crippen molar-refractivity contribution >= 4 is 23.3 Å². The van der Waals surface area contributed by atoms with E-state index in [0.717, 1.165) is 15.6 Å². The molecule has 8 nitrogen and oxygen atoms in total. The number of hydrogen-bond donors (Lipinski definition) is 1. The number of amides is 1. The van der Waals surface area contributed by atoms with Crippen molar-refractivity contribution in [2.75, 3.05) is 5.32 Å². The van der Waals surface area contributed by atoms with Crippen molar-refractivity contribution in [2.45, 2.75) is 13.8 Å². The highest BCUT2D eigenvalue weighted by molar-refractivity contribution is 7.15. The first-order valence-corrected chi connectivity index (χ1v) is 6.93. The van der Waals surface area contributed by atoms with E-state index >= 15 is 0 Å². The van der Waals surface area contributed by atoms with Gasteiger partial charge in [0.2, 0.25) is 0 Å². The van der Waals surface area contributed by atoms with E-state index in [1.54, 1.807) is 19.3 Å². The Kier molecular flexibility index (Phi) is 3.26. The molecule has 0 unspecified atom stereocenters. The van der Waals surface area contributed by atoms with Gasteiger partial charge in [0, 0.05) is 13.2 Å². The minimum Gasteiger partial charge on any atom is -0.402 e. The molecule has 0 fully saturated rings. The van der Waals surface area contributed by atoms with Crippen LogP contribution in [0, 0.1) is 13.8 Å². The zero-order valence-corrected chi connectivity index (χ0v) is 12.4. The summed E-state index contributed by atoms with van der Waals surface area (Å²) in [5.74, 6) is -0.0579. The second-order valence-corrected chi connectivity index (χ2v) is 5.59. The van der Waals surface area contributed by atoms with Crippen LogP contribution < -0.4 is 5.32 Å². The largest absolute Gasteiger partial charge is 0.402 e. The van der Waals surface area contributed by atoms with E-state index in [0.29, 0.717) is 5.89 Å². The molecule has 3 rings (SSSR count). The van der Waals surface area contributed by atoms with Gasteiger partial charge in [0.25, 0.3) is 11.8 Å². The maximum Gasteiger partial charge on any atom is 0.322 e. The molecule has 108 valence electrons. The minimum atomic E-state index is -0.400. The summed E-state index contributed by atoms with van der Waals surface area (Å²) >= 11 is 1.46. The third kappa shape index (κ3) is 2.68. The molecule has 3 aromatic heterocycles. The molecule has 0 aromatic carbocycles. The van der Waals surface area contributed by atoms with Gasteiger partial charge < -0.3 is 4.42 Å². The monoisotopic (exact) mass is 304 g/mol. The summed E-state index contributed by atoms with van der Waals surface area (Å²) in [5.41, 5.74) is 1.10. The van der Waals surface area contributed by atoms with Crippen molar-refractivity contribution < 1.29 is 9.21 Å². The zero-order valence-electron chi connectivity index (χ0n) is 11.6. The van der Waals surface area contributed by atoms with Crippen LogP contribution in [-0.4, -0.2) is 30.9 Å². The molecule has 0 saturated heterocycles. The smallest absolute Gasteiger partial charge is 0.322 e. The lowest BCUT2D eigenvalue weighted by atomic mass is 10.4. The fraction of sp³-hybridized carbons (Fsp3) is 0.250. The first-order chi connectivity index (χ1) is 10.0. The average Bonchev–Trinajstić information content (AvgIpc) is 3.10.